The number of nitro groups is 1. The molecule has 0 heterocycles. The van der Waals surface area contributed by atoms with Crippen molar-refractivity contribution in [1.82, 2.24) is 5.32 Å². The lowest BCUT2D eigenvalue weighted by molar-refractivity contribution is -0.384. The molecule has 0 spiro atoms. The molecule has 0 atom stereocenters. The smallest absolute Gasteiger partial charge is 0.270 e. The number of carbonyl (C=O) groups excluding carboxylic acids is 1. The van der Waals surface area contributed by atoms with Gasteiger partial charge < -0.3 is 5.32 Å². The number of carbonyl (C=O) groups is 1. The van der Waals surface area contributed by atoms with E-state index in [0.717, 1.165) is 11.6 Å². The Bertz CT molecular complexity index is 750. The molecule has 0 aromatic heterocycles. The van der Waals surface area contributed by atoms with Gasteiger partial charge in [-0.15, -0.1) is 0 Å². The molecule has 0 saturated carbocycles. The molecule has 0 aliphatic rings. The van der Waals surface area contributed by atoms with E-state index in [0.29, 0.717) is 10.0 Å². The van der Waals surface area contributed by atoms with E-state index in [1.165, 1.54) is 12.1 Å². The van der Waals surface area contributed by atoms with Crippen LogP contribution in [0.25, 0.3) is 0 Å². The van der Waals surface area contributed by atoms with E-state index >= 15 is 0 Å². The summed E-state index contributed by atoms with van der Waals surface area (Å²) in [6.45, 7) is 0.189. The number of benzene rings is 2. The number of nitrogens with zero attached hydrogens (tertiary/aromatic N) is 1. The molecule has 114 valence electrons. The van der Waals surface area contributed by atoms with Gasteiger partial charge in [0.2, 0.25) is 0 Å². The third kappa shape index (κ3) is 3.88. The summed E-state index contributed by atoms with van der Waals surface area (Å²) in [6.07, 6.45) is 0. The highest BCUT2D eigenvalue weighted by Gasteiger charge is 2.15. The Balaban J connectivity index is 2.13. The number of rotatable bonds is 4. The second-order valence-corrected chi connectivity index (χ2v) is 5.57. The van der Waals surface area contributed by atoms with Crippen molar-refractivity contribution in [3.05, 3.63) is 72.7 Å². The normalized spacial score (nSPS) is 10.3. The van der Waals surface area contributed by atoms with Crippen molar-refractivity contribution < 1.29 is 9.72 Å². The average molecular weight is 360 g/mol. The molecule has 0 radical (unpaired) electrons. The Morgan fingerprint density at radius 1 is 1.05 bits per heavy atom. The lowest BCUT2D eigenvalue weighted by Crippen LogP contribution is -2.23. The summed E-state index contributed by atoms with van der Waals surface area (Å²) in [5.41, 5.74) is 0.573. The Kier molecular flexibility index (Phi) is 5.24. The van der Waals surface area contributed by atoms with Crippen molar-refractivity contribution >= 4 is 46.4 Å². The molecule has 0 bridgehead atoms. The summed E-state index contributed by atoms with van der Waals surface area (Å²) < 4.78 is 0. The number of amides is 1. The number of nitro benzene ring substituents is 1. The minimum atomic E-state index is -0.591. The summed E-state index contributed by atoms with van der Waals surface area (Å²) in [5.74, 6) is -0.514. The van der Waals surface area contributed by atoms with E-state index < -0.39 is 10.8 Å². The lowest BCUT2D eigenvalue weighted by Gasteiger charge is -2.07. The van der Waals surface area contributed by atoms with Crippen LogP contribution in [0.15, 0.2) is 36.4 Å². The number of halogens is 3. The van der Waals surface area contributed by atoms with Crippen LogP contribution in [0.4, 0.5) is 5.69 Å². The highest BCUT2D eigenvalue weighted by molar-refractivity contribution is 6.42. The minimum absolute atomic E-state index is 0.0379. The van der Waals surface area contributed by atoms with E-state index in [1.807, 2.05) is 0 Å². The second-order valence-electron chi connectivity index (χ2n) is 4.35. The molecule has 8 heteroatoms. The molecular weight excluding hydrogens is 351 g/mol. The minimum Gasteiger partial charge on any atom is -0.348 e. The molecule has 0 fully saturated rings. The largest absolute Gasteiger partial charge is 0.348 e. The zero-order valence-electron chi connectivity index (χ0n) is 11.0. The summed E-state index contributed by atoms with van der Waals surface area (Å²) in [6, 6.07) is 8.63. The second kappa shape index (κ2) is 6.96. The van der Waals surface area contributed by atoms with E-state index in [9.17, 15) is 14.9 Å². The third-order valence-corrected chi connectivity index (χ3v) is 3.91. The maximum atomic E-state index is 12.1. The predicted octanol–water partition coefficient (Wildman–Crippen LogP) is 4.49. The summed E-state index contributed by atoms with van der Waals surface area (Å²) in [5, 5.41) is 14.3. The van der Waals surface area contributed by atoms with Gasteiger partial charge in [0.1, 0.15) is 0 Å². The van der Waals surface area contributed by atoms with Crippen molar-refractivity contribution in [2.75, 3.05) is 0 Å². The van der Waals surface area contributed by atoms with Crippen molar-refractivity contribution in [2.24, 2.45) is 0 Å². The lowest BCUT2D eigenvalue weighted by atomic mass is 10.1. The highest BCUT2D eigenvalue weighted by Crippen LogP contribution is 2.24. The van der Waals surface area contributed by atoms with Crippen molar-refractivity contribution in [3.8, 4) is 0 Å². The molecule has 0 aliphatic heterocycles. The Morgan fingerprint density at radius 2 is 1.73 bits per heavy atom. The Labute approximate surface area is 140 Å². The first kappa shape index (κ1) is 16.5. The monoisotopic (exact) mass is 358 g/mol. The molecule has 2 aromatic carbocycles. The zero-order valence-corrected chi connectivity index (χ0v) is 13.2. The highest BCUT2D eigenvalue weighted by atomic mass is 35.5. The van der Waals surface area contributed by atoms with E-state index in [4.69, 9.17) is 34.8 Å². The molecule has 0 saturated heterocycles. The van der Waals surface area contributed by atoms with Gasteiger partial charge in [-0.05, 0) is 23.8 Å². The third-order valence-electron chi connectivity index (χ3n) is 2.84. The fourth-order valence-electron chi connectivity index (χ4n) is 1.73. The summed E-state index contributed by atoms with van der Waals surface area (Å²) >= 11 is 17.6. The van der Waals surface area contributed by atoms with E-state index in [-0.39, 0.29) is 22.8 Å². The number of hydrogen-bond donors (Lipinski definition) is 1. The number of nitrogens with one attached hydrogen (secondary N) is 1. The van der Waals surface area contributed by atoms with Gasteiger partial charge in [0, 0.05) is 18.7 Å². The van der Waals surface area contributed by atoms with Gasteiger partial charge in [0.25, 0.3) is 11.6 Å². The maximum absolute atomic E-state index is 12.1. The maximum Gasteiger partial charge on any atom is 0.270 e. The topological polar surface area (TPSA) is 72.2 Å². The first-order chi connectivity index (χ1) is 10.4. The zero-order chi connectivity index (χ0) is 16.3. The number of hydrogen-bond acceptors (Lipinski definition) is 3. The van der Waals surface area contributed by atoms with Crippen molar-refractivity contribution in [1.29, 1.82) is 0 Å². The van der Waals surface area contributed by atoms with E-state index in [1.54, 1.807) is 18.2 Å². The van der Waals surface area contributed by atoms with Crippen molar-refractivity contribution in [2.45, 2.75) is 6.54 Å². The van der Waals surface area contributed by atoms with Crippen LogP contribution in [0.1, 0.15) is 15.9 Å². The molecule has 0 aliphatic carbocycles. The summed E-state index contributed by atoms with van der Waals surface area (Å²) in [4.78, 5) is 22.2. The molecule has 2 rings (SSSR count). The average Bonchev–Trinajstić information content (AvgIpc) is 2.48. The molecule has 22 heavy (non-hydrogen) atoms. The molecule has 0 unspecified atom stereocenters. The fraction of sp³-hybridized carbons (Fsp3) is 0.0714. The Morgan fingerprint density at radius 3 is 2.36 bits per heavy atom. The van der Waals surface area contributed by atoms with Gasteiger partial charge >= 0.3 is 0 Å². The predicted molar refractivity (Wildman–Crippen MR) is 85.7 cm³/mol. The van der Waals surface area contributed by atoms with Crippen LogP contribution in [-0.4, -0.2) is 10.8 Å². The summed E-state index contributed by atoms with van der Waals surface area (Å²) in [7, 11) is 0. The fourth-order valence-corrected chi connectivity index (χ4v) is 2.25. The van der Waals surface area contributed by atoms with Gasteiger partial charge in [-0.2, -0.15) is 0 Å². The molecule has 1 N–H and O–H groups in total. The molecular formula is C14H9Cl3N2O3. The van der Waals surface area contributed by atoms with Crippen LogP contribution in [0.5, 0.6) is 0 Å². The first-order valence-corrected chi connectivity index (χ1v) is 7.18. The van der Waals surface area contributed by atoms with Gasteiger partial charge in [-0.1, -0.05) is 40.9 Å². The van der Waals surface area contributed by atoms with E-state index in [2.05, 4.69) is 5.32 Å². The van der Waals surface area contributed by atoms with Crippen LogP contribution in [-0.2, 0) is 6.54 Å². The van der Waals surface area contributed by atoms with Crippen LogP contribution in [0.2, 0.25) is 15.1 Å². The quantitative estimate of drug-likeness (QED) is 0.646. The van der Waals surface area contributed by atoms with Gasteiger partial charge in [0.15, 0.2) is 0 Å². The van der Waals surface area contributed by atoms with Gasteiger partial charge in [-0.3, -0.25) is 14.9 Å². The first-order valence-electron chi connectivity index (χ1n) is 6.04. The van der Waals surface area contributed by atoms with Crippen LogP contribution in [0.3, 0.4) is 0 Å². The molecule has 5 nitrogen and oxygen atoms in total. The molecule has 1 amide bonds. The van der Waals surface area contributed by atoms with Crippen LogP contribution in [0, 0.1) is 10.1 Å². The molecule has 2 aromatic rings. The number of non-ortho nitro benzene ring substituents is 1. The van der Waals surface area contributed by atoms with Crippen molar-refractivity contribution in [3.63, 3.8) is 0 Å². The van der Waals surface area contributed by atoms with Gasteiger partial charge in [0.05, 0.1) is 25.6 Å². The van der Waals surface area contributed by atoms with Gasteiger partial charge in [-0.25, -0.2) is 0 Å². The standard InChI is InChI=1S/C14H9Cl3N2O3/c15-11-4-2-9(19(21)22)6-10(11)14(20)18-7-8-1-3-12(16)13(17)5-8/h1-6H,7H2,(H,18,20). The van der Waals surface area contributed by atoms with Crippen LogP contribution < -0.4 is 5.32 Å². The Hall–Kier alpha value is -1.82. The SMILES string of the molecule is O=C(NCc1ccc(Cl)c(Cl)c1)c1cc([N+](=O)[O-])ccc1Cl. The van der Waals surface area contributed by atoms with Crippen LogP contribution >= 0.6 is 34.8 Å².